The van der Waals surface area contributed by atoms with Crippen LogP contribution in [0.2, 0.25) is 0 Å². The van der Waals surface area contributed by atoms with Crippen LogP contribution in [0.1, 0.15) is 36.6 Å². The molecule has 1 aromatic carbocycles. The van der Waals surface area contributed by atoms with Crippen molar-refractivity contribution in [2.75, 3.05) is 0 Å². The van der Waals surface area contributed by atoms with Crippen LogP contribution in [0, 0.1) is 11.6 Å². The van der Waals surface area contributed by atoms with Crippen molar-refractivity contribution >= 4 is 15.9 Å². The Morgan fingerprint density at radius 2 is 2.05 bits per heavy atom. The van der Waals surface area contributed by atoms with Crippen molar-refractivity contribution in [2.45, 2.75) is 31.7 Å². The van der Waals surface area contributed by atoms with E-state index in [2.05, 4.69) is 25.9 Å². The Bertz CT molecular complexity index is 691. The third-order valence-corrected chi connectivity index (χ3v) is 4.53. The van der Waals surface area contributed by atoms with Gasteiger partial charge in [-0.1, -0.05) is 6.42 Å². The number of halogens is 3. The second-order valence-electron chi connectivity index (χ2n) is 5.17. The van der Waals surface area contributed by atoms with Gasteiger partial charge in [0, 0.05) is 29.1 Å². The summed E-state index contributed by atoms with van der Waals surface area (Å²) in [6.07, 6.45) is 5.55. The Balaban J connectivity index is 2.09. The van der Waals surface area contributed by atoms with Crippen LogP contribution in [0.5, 0.6) is 0 Å². The zero-order valence-corrected chi connectivity index (χ0v) is 12.8. The third kappa shape index (κ3) is 2.70. The van der Waals surface area contributed by atoms with Crippen molar-refractivity contribution in [1.29, 1.82) is 0 Å². The Labute approximate surface area is 129 Å². The quantitative estimate of drug-likeness (QED) is 0.624. The molecule has 110 valence electrons. The molecule has 1 aliphatic rings. The fourth-order valence-corrected chi connectivity index (χ4v) is 3.08. The molecule has 1 atom stereocenters. The molecule has 6 heteroatoms. The van der Waals surface area contributed by atoms with E-state index in [1.54, 1.807) is 6.20 Å². The van der Waals surface area contributed by atoms with Crippen molar-refractivity contribution in [2.24, 2.45) is 5.73 Å². The van der Waals surface area contributed by atoms with Crippen LogP contribution in [0.4, 0.5) is 8.78 Å². The highest BCUT2D eigenvalue weighted by molar-refractivity contribution is 9.10. The molecule has 0 radical (unpaired) electrons. The van der Waals surface area contributed by atoms with Crippen LogP contribution in [0.15, 0.2) is 22.8 Å². The summed E-state index contributed by atoms with van der Waals surface area (Å²) in [5, 5.41) is 0. The highest BCUT2D eigenvalue weighted by Gasteiger charge is 2.20. The minimum absolute atomic E-state index is 0.0420. The maximum atomic E-state index is 13.6. The molecule has 2 N–H and O–H groups in total. The van der Waals surface area contributed by atoms with E-state index in [9.17, 15) is 8.78 Å². The zero-order valence-electron chi connectivity index (χ0n) is 11.2. The standard InChI is InChI=1S/C15H14BrF2N3/c16-13-8(5-6-10(17)14(13)18)15-20-7-9-11(19)3-1-2-4-12(9)21-15/h5-7,11H,1-4,19H2. The van der Waals surface area contributed by atoms with Gasteiger partial charge in [0.2, 0.25) is 0 Å². The molecule has 1 heterocycles. The van der Waals surface area contributed by atoms with E-state index in [4.69, 9.17) is 5.73 Å². The topological polar surface area (TPSA) is 51.8 Å². The number of benzene rings is 1. The number of aryl methyl sites for hydroxylation is 1. The Hall–Kier alpha value is -1.40. The average molecular weight is 354 g/mol. The monoisotopic (exact) mass is 353 g/mol. The van der Waals surface area contributed by atoms with Crippen LogP contribution in [0.3, 0.4) is 0 Å². The lowest BCUT2D eigenvalue weighted by Gasteiger charge is -2.13. The number of rotatable bonds is 1. The van der Waals surface area contributed by atoms with Gasteiger partial charge in [-0.3, -0.25) is 0 Å². The summed E-state index contributed by atoms with van der Waals surface area (Å²) >= 11 is 3.07. The fraction of sp³-hybridized carbons (Fsp3) is 0.333. The molecule has 0 aliphatic heterocycles. The lowest BCUT2D eigenvalue weighted by Crippen LogP contribution is -2.12. The predicted molar refractivity (Wildman–Crippen MR) is 79.6 cm³/mol. The molecule has 0 spiro atoms. The zero-order chi connectivity index (χ0) is 15.0. The van der Waals surface area contributed by atoms with Gasteiger partial charge in [0.15, 0.2) is 17.5 Å². The van der Waals surface area contributed by atoms with E-state index in [0.29, 0.717) is 11.4 Å². The summed E-state index contributed by atoms with van der Waals surface area (Å²) in [6, 6.07) is 2.50. The van der Waals surface area contributed by atoms with E-state index >= 15 is 0 Å². The van der Waals surface area contributed by atoms with Gasteiger partial charge in [-0.05, 0) is 47.3 Å². The first-order chi connectivity index (χ1) is 10.1. The molecule has 0 saturated carbocycles. The van der Waals surface area contributed by atoms with Gasteiger partial charge < -0.3 is 5.73 Å². The van der Waals surface area contributed by atoms with E-state index in [1.807, 2.05) is 0 Å². The normalized spacial score (nSPS) is 18.2. The molecular weight excluding hydrogens is 340 g/mol. The molecule has 1 aromatic heterocycles. The highest BCUT2D eigenvalue weighted by atomic mass is 79.9. The number of hydrogen-bond acceptors (Lipinski definition) is 3. The van der Waals surface area contributed by atoms with Gasteiger partial charge in [0.1, 0.15) is 0 Å². The number of nitrogens with zero attached hydrogens (tertiary/aromatic N) is 2. The first-order valence-corrected chi connectivity index (χ1v) is 7.62. The Morgan fingerprint density at radius 1 is 1.24 bits per heavy atom. The molecule has 3 nitrogen and oxygen atoms in total. The van der Waals surface area contributed by atoms with E-state index in [1.165, 1.54) is 6.07 Å². The summed E-state index contributed by atoms with van der Waals surface area (Å²) in [6.45, 7) is 0. The molecule has 0 amide bonds. The van der Waals surface area contributed by atoms with Crippen molar-refractivity contribution in [3.8, 4) is 11.4 Å². The molecule has 2 aromatic rings. The summed E-state index contributed by atoms with van der Waals surface area (Å²) in [5.41, 5.74) is 8.41. The SMILES string of the molecule is NC1CCCCc2nc(-c3ccc(F)c(F)c3Br)ncc21. The maximum absolute atomic E-state index is 13.6. The van der Waals surface area contributed by atoms with Crippen molar-refractivity contribution in [3.63, 3.8) is 0 Å². The minimum atomic E-state index is -0.928. The van der Waals surface area contributed by atoms with Crippen molar-refractivity contribution < 1.29 is 8.78 Å². The molecule has 0 bridgehead atoms. The minimum Gasteiger partial charge on any atom is -0.324 e. The maximum Gasteiger partial charge on any atom is 0.173 e. The fourth-order valence-electron chi connectivity index (χ4n) is 2.58. The van der Waals surface area contributed by atoms with Gasteiger partial charge in [0.05, 0.1) is 4.47 Å². The van der Waals surface area contributed by atoms with Gasteiger partial charge in [0.25, 0.3) is 0 Å². The first kappa shape index (κ1) is 14.5. The second kappa shape index (κ2) is 5.77. The average Bonchev–Trinajstić information content (AvgIpc) is 2.66. The van der Waals surface area contributed by atoms with Crippen LogP contribution in [0.25, 0.3) is 11.4 Å². The highest BCUT2D eigenvalue weighted by Crippen LogP contribution is 2.32. The van der Waals surface area contributed by atoms with Crippen LogP contribution >= 0.6 is 15.9 Å². The summed E-state index contributed by atoms with van der Waals surface area (Å²) in [4.78, 5) is 8.79. The lowest BCUT2D eigenvalue weighted by atomic mass is 10.1. The van der Waals surface area contributed by atoms with Gasteiger partial charge in [-0.2, -0.15) is 0 Å². The largest absolute Gasteiger partial charge is 0.324 e. The smallest absolute Gasteiger partial charge is 0.173 e. The van der Waals surface area contributed by atoms with E-state index in [-0.39, 0.29) is 10.5 Å². The van der Waals surface area contributed by atoms with Gasteiger partial charge >= 0.3 is 0 Å². The molecule has 1 aliphatic carbocycles. The molecule has 3 rings (SSSR count). The second-order valence-corrected chi connectivity index (χ2v) is 5.96. The molecular formula is C15H14BrF2N3. The Morgan fingerprint density at radius 3 is 2.86 bits per heavy atom. The van der Waals surface area contributed by atoms with Crippen LogP contribution in [-0.2, 0) is 6.42 Å². The van der Waals surface area contributed by atoms with Gasteiger partial charge in [-0.25, -0.2) is 18.7 Å². The van der Waals surface area contributed by atoms with Crippen LogP contribution in [-0.4, -0.2) is 9.97 Å². The van der Waals surface area contributed by atoms with Crippen LogP contribution < -0.4 is 5.73 Å². The molecule has 21 heavy (non-hydrogen) atoms. The summed E-state index contributed by atoms with van der Waals surface area (Å²) in [5.74, 6) is -1.45. The number of aromatic nitrogens is 2. The first-order valence-electron chi connectivity index (χ1n) is 6.83. The van der Waals surface area contributed by atoms with Gasteiger partial charge in [-0.15, -0.1) is 0 Å². The predicted octanol–water partition coefficient (Wildman–Crippen LogP) is 3.91. The summed E-state index contributed by atoms with van der Waals surface area (Å²) < 4.78 is 26.9. The molecule has 1 unspecified atom stereocenters. The van der Waals surface area contributed by atoms with Crippen molar-refractivity contribution in [1.82, 2.24) is 9.97 Å². The third-order valence-electron chi connectivity index (χ3n) is 3.75. The Kier molecular flexibility index (Phi) is 3.99. The lowest BCUT2D eigenvalue weighted by molar-refractivity contribution is 0.504. The molecule has 0 saturated heterocycles. The summed E-state index contributed by atoms with van der Waals surface area (Å²) in [7, 11) is 0. The molecule has 0 fully saturated rings. The number of nitrogens with two attached hydrogens (primary N) is 1. The van der Waals surface area contributed by atoms with Crippen molar-refractivity contribution in [3.05, 3.63) is 45.7 Å². The number of hydrogen-bond donors (Lipinski definition) is 1. The van der Waals surface area contributed by atoms with E-state index < -0.39 is 11.6 Å². The van der Waals surface area contributed by atoms with E-state index in [0.717, 1.165) is 43.0 Å². The number of fused-ring (bicyclic) bond motifs is 1.